The van der Waals surface area contributed by atoms with Crippen LogP contribution in [0.1, 0.15) is 10.4 Å². The van der Waals surface area contributed by atoms with Gasteiger partial charge >= 0.3 is 0 Å². The van der Waals surface area contributed by atoms with E-state index in [4.69, 9.17) is 5.73 Å². The molecule has 0 fully saturated rings. The molecule has 4 aromatic carbocycles. The number of fused-ring (bicyclic) bond motifs is 5. The van der Waals surface area contributed by atoms with Crippen LogP contribution in [0.4, 0.5) is 0 Å². The topological polar surface area (TPSA) is 43.1 Å². The second-order valence-corrected chi connectivity index (χ2v) is 7.41. The van der Waals surface area contributed by atoms with Gasteiger partial charge in [0.1, 0.15) is 0 Å². The maximum atomic E-state index is 12.0. The van der Waals surface area contributed by atoms with Gasteiger partial charge in [0, 0.05) is 25.7 Å². The number of amides is 1. The Labute approximate surface area is 154 Å². The number of hydrogen-bond acceptors (Lipinski definition) is 2. The minimum absolute atomic E-state index is 0.401. The highest BCUT2D eigenvalue weighted by atomic mass is 32.1. The zero-order valence-corrected chi connectivity index (χ0v) is 14.7. The van der Waals surface area contributed by atoms with Crippen molar-refractivity contribution in [2.75, 3.05) is 0 Å². The quantitative estimate of drug-likeness (QED) is 0.417. The molecule has 2 nitrogen and oxygen atoms in total. The molecule has 0 aliphatic rings. The molecule has 1 aromatic heterocycles. The van der Waals surface area contributed by atoms with Gasteiger partial charge in [-0.15, -0.1) is 11.3 Å². The van der Waals surface area contributed by atoms with Crippen LogP contribution in [0.15, 0.2) is 78.9 Å². The maximum Gasteiger partial charge on any atom is 0.249 e. The molecule has 26 heavy (non-hydrogen) atoms. The Bertz CT molecular complexity index is 1320. The fourth-order valence-corrected chi connectivity index (χ4v) is 4.97. The van der Waals surface area contributed by atoms with Crippen molar-refractivity contribution in [2.45, 2.75) is 0 Å². The molecule has 5 rings (SSSR count). The third-order valence-corrected chi connectivity index (χ3v) is 6.06. The minimum atomic E-state index is -0.401. The van der Waals surface area contributed by atoms with Crippen LogP contribution in [-0.2, 0) is 0 Å². The lowest BCUT2D eigenvalue weighted by atomic mass is 9.92. The maximum absolute atomic E-state index is 12.0. The molecule has 124 valence electrons. The Morgan fingerprint density at radius 1 is 0.769 bits per heavy atom. The fourth-order valence-electron chi connectivity index (χ4n) is 3.71. The highest BCUT2D eigenvalue weighted by molar-refractivity contribution is 7.26. The first kappa shape index (κ1) is 15.1. The molecule has 0 aliphatic carbocycles. The van der Waals surface area contributed by atoms with Crippen molar-refractivity contribution in [1.82, 2.24) is 0 Å². The van der Waals surface area contributed by atoms with Crippen LogP contribution in [0.3, 0.4) is 0 Å². The van der Waals surface area contributed by atoms with E-state index in [1.807, 2.05) is 24.3 Å². The van der Waals surface area contributed by atoms with E-state index in [1.165, 1.54) is 30.9 Å². The highest BCUT2D eigenvalue weighted by Crippen LogP contribution is 2.44. The molecule has 0 aliphatic heterocycles. The molecule has 0 spiro atoms. The van der Waals surface area contributed by atoms with E-state index in [9.17, 15) is 4.79 Å². The summed E-state index contributed by atoms with van der Waals surface area (Å²) in [5, 5.41) is 4.82. The third kappa shape index (κ3) is 2.14. The van der Waals surface area contributed by atoms with Crippen LogP contribution in [0.25, 0.3) is 42.1 Å². The molecule has 0 atom stereocenters. The second kappa shape index (κ2) is 5.68. The first-order chi connectivity index (χ1) is 12.7. The van der Waals surface area contributed by atoms with Crippen molar-refractivity contribution >= 4 is 48.2 Å². The van der Waals surface area contributed by atoms with Crippen molar-refractivity contribution in [3.8, 4) is 11.1 Å². The zero-order chi connectivity index (χ0) is 17.7. The standard InChI is InChI=1S/C23H15NOS/c24-23(25)17-10-4-3-9-16(17)19-13-14-7-1-2-8-15(14)22-21(19)18-11-5-6-12-20(18)26-22/h1-13H,(H2,24,25). The third-order valence-electron chi connectivity index (χ3n) is 4.85. The van der Waals surface area contributed by atoms with E-state index in [0.29, 0.717) is 5.56 Å². The Kier molecular flexibility index (Phi) is 3.30. The summed E-state index contributed by atoms with van der Waals surface area (Å²) >= 11 is 1.80. The van der Waals surface area contributed by atoms with Gasteiger partial charge in [-0.1, -0.05) is 60.7 Å². The monoisotopic (exact) mass is 353 g/mol. The Morgan fingerprint density at radius 3 is 2.31 bits per heavy atom. The molecular weight excluding hydrogens is 338 g/mol. The summed E-state index contributed by atoms with van der Waals surface area (Å²) in [4.78, 5) is 12.0. The molecule has 0 radical (unpaired) electrons. The van der Waals surface area contributed by atoms with Crippen LogP contribution in [0.2, 0.25) is 0 Å². The number of rotatable bonds is 2. The number of benzene rings is 4. The summed E-state index contributed by atoms with van der Waals surface area (Å²) < 4.78 is 2.50. The Morgan fingerprint density at radius 2 is 1.46 bits per heavy atom. The number of hydrogen-bond donors (Lipinski definition) is 1. The first-order valence-electron chi connectivity index (χ1n) is 8.46. The molecule has 1 heterocycles. The Balaban J connectivity index is 2.03. The smallest absolute Gasteiger partial charge is 0.249 e. The van der Waals surface area contributed by atoms with E-state index in [1.54, 1.807) is 17.4 Å². The number of nitrogens with two attached hydrogens (primary N) is 1. The normalized spacial score (nSPS) is 11.4. The SMILES string of the molecule is NC(=O)c1ccccc1-c1cc2ccccc2c2sc3ccccc3c12. The largest absolute Gasteiger partial charge is 0.366 e. The van der Waals surface area contributed by atoms with E-state index in [-0.39, 0.29) is 0 Å². The fraction of sp³-hybridized carbons (Fsp3) is 0. The van der Waals surface area contributed by atoms with Gasteiger partial charge in [0.15, 0.2) is 0 Å². The average Bonchev–Trinajstić information content (AvgIpc) is 3.07. The number of carbonyl (C=O) groups is 1. The average molecular weight is 353 g/mol. The molecule has 2 N–H and O–H groups in total. The van der Waals surface area contributed by atoms with Gasteiger partial charge in [-0.05, 0) is 40.1 Å². The van der Waals surface area contributed by atoms with E-state index in [0.717, 1.165) is 11.1 Å². The molecule has 3 heteroatoms. The van der Waals surface area contributed by atoms with Crippen molar-refractivity contribution < 1.29 is 4.79 Å². The van der Waals surface area contributed by atoms with Gasteiger partial charge in [0.25, 0.3) is 0 Å². The van der Waals surface area contributed by atoms with Crippen molar-refractivity contribution in [1.29, 1.82) is 0 Å². The first-order valence-corrected chi connectivity index (χ1v) is 9.28. The zero-order valence-electron chi connectivity index (χ0n) is 13.9. The summed E-state index contributed by atoms with van der Waals surface area (Å²) in [6.45, 7) is 0. The van der Waals surface area contributed by atoms with E-state index in [2.05, 4.69) is 48.5 Å². The molecule has 0 unspecified atom stereocenters. The molecule has 0 bridgehead atoms. The summed E-state index contributed by atoms with van der Waals surface area (Å²) in [5.74, 6) is -0.401. The summed E-state index contributed by atoms with van der Waals surface area (Å²) in [7, 11) is 0. The van der Waals surface area contributed by atoms with Gasteiger partial charge in [-0.3, -0.25) is 4.79 Å². The number of thiophene rings is 1. The molecule has 1 amide bonds. The predicted octanol–water partition coefficient (Wildman–Crippen LogP) is 5.97. The molecular formula is C23H15NOS. The number of carbonyl (C=O) groups excluding carboxylic acids is 1. The van der Waals surface area contributed by atoms with Crippen LogP contribution >= 0.6 is 11.3 Å². The van der Waals surface area contributed by atoms with Crippen LogP contribution in [0.5, 0.6) is 0 Å². The summed E-state index contributed by atoms with van der Waals surface area (Å²) in [6.07, 6.45) is 0. The Hall–Kier alpha value is -3.17. The second-order valence-electron chi connectivity index (χ2n) is 6.36. The lowest BCUT2D eigenvalue weighted by Gasteiger charge is -2.11. The van der Waals surface area contributed by atoms with Gasteiger partial charge in [0.05, 0.1) is 0 Å². The van der Waals surface area contributed by atoms with Gasteiger partial charge in [0.2, 0.25) is 5.91 Å². The minimum Gasteiger partial charge on any atom is -0.366 e. The molecule has 0 saturated carbocycles. The van der Waals surface area contributed by atoms with Crippen molar-refractivity contribution in [3.05, 3.63) is 84.4 Å². The van der Waals surface area contributed by atoms with Crippen molar-refractivity contribution in [3.63, 3.8) is 0 Å². The molecule has 5 aromatic rings. The summed E-state index contributed by atoms with van der Waals surface area (Å²) in [5.41, 5.74) is 8.16. The van der Waals surface area contributed by atoms with Crippen LogP contribution in [0, 0.1) is 0 Å². The van der Waals surface area contributed by atoms with Crippen LogP contribution in [-0.4, -0.2) is 5.91 Å². The predicted molar refractivity (Wildman–Crippen MR) is 111 cm³/mol. The van der Waals surface area contributed by atoms with Gasteiger partial charge < -0.3 is 5.73 Å². The lowest BCUT2D eigenvalue weighted by Crippen LogP contribution is -2.12. The van der Waals surface area contributed by atoms with Gasteiger partial charge in [-0.2, -0.15) is 0 Å². The number of primary amides is 1. The highest BCUT2D eigenvalue weighted by Gasteiger charge is 2.17. The van der Waals surface area contributed by atoms with Crippen LogP contribution < -0.4 is 5.73 Å². The molecule has 0 saturated heterocycles. The van der Waals surface area contributed by atoms with Crippen molar-refractivity contribution in [2.24, 2.45) is 5.73 Å². The van der Waals surface area contributed by atoms with E-state index >= 15 is 0 Å². The van der Waals surface area contributed by atoms with Gasteiger partial charge in [-0.25, -0.2) is 0 Å². The van der Waals surface area contributed by atoms with E-state index < -0.39 is 5.91 Å². The summed E-state index contributed by atoms with van der Waals surface area (Å²) in [6, 6.07) is 26.6. The lowest BCUT2D eigenvalue weighted by molar-refractivity contribution is 0.100.